The molecule has 1 N–H and O–H groups in total. The number of rotatable bonds is 3. The van der Waals surface area contributed by atoms with Crippen LogP contribution in [0.5, 0.6) is 0 Å². The van der Waals surface area contributed by atoms with Crippen LogP contribution in [0.15, 0.2) is 24.3 Å². The molecule has 1 heterocycles. The Morgan fingerprint density at radius 3 is 2.56 bits per heavy atom. The van der Waals surface area contributed by atoms with E-state index in [2.05, 4.69) is 36.5 Å². The van der Waals surface area contributed by atoms with Crippen molar-refractivity contribution < 1.29 is 8.42 Å². The van der Waals surface area contributed by atoms with E-state index in [0.717, 1.165) is 13.0 Å². The zero-order valence-corrected chi connectivity index (χ0v) is 10.3. The van der Waals surface area contributed by atoms with Crippen LogP contribution in [-0.4, -0.2) is 26.0 Å². The lowest BCUT2D eigenvalue weighted by molar-refractivity contribution is 0.554. The molecule has 0 bridgehead atoms. The number of nitrogens with one attached hydrogen (secondary N) is 1. The highest BCUT2D eigenvalue weighted by atomic mass is 32.2. The van der Waals surface area contributed by atoms with E-state index >= 15 is 0 Å². The van der Waals surface area contributed by atoms with E-state index in [9.17, 15) is 8.42 Å². The molecule has 0 radical (unpaired) electrons. The normalized spacial score (nSPS) is 23.4. The molecule has 1 atom stereocenters. The molecule has 0 saturated carbocycles. The first-order valence-corrected chi connectivity index (χ1v) is 7.37. The van der Waals surface area contributed by atoms with E-state index in [-0.39, 0.29) is 6.04 Å². The third-order valence-corrected chi connectivity index (χ3v) is 4.72. The van der Waals surface area contributed by atoms with Crippen LogP contribution in [-0.2, 0) is 16.4 Å². The van der Waals surface area contributed by atoms with Gasteiger partial charge in [0, 0.05) is 12.6 Å². The maximum Gasteiger partial charge on any atom is 0.151 e. The molecule has 2 rings (SSSR count). The second-order valence-electron chi connectivity index (χ2n) is 4.47. The molecule has 1 aromatic rings. The molecule has 0 unspecified atom stereocenters. The number of hydrogen-bond donors (Lipinski definition) is 1. The van der Waals surface area contributed by atoms with Gasteiger partial charge in [0.1, 0.15) is 0 Å². The molecule has 4 heteroatoms. The molecule has 0 amide bonds. The van der Waals surface area contributed by atoms with Gasteiger partial charge in [0.15, 0.2) is 9.84 Å². The fourth-order valence-corrected chi connectivity index (χ4v) is 3.63. The fourth-order valence-electron chi connectivity index (χ4n) is 1.92. The highest BCUT2D eigenvalue weighted by Crippen LogP contribution is 2.12. The molecular weight excluding hydrogens is 222 g/mol. The maximum absolute atomic E-state index is 11.3. The van der Waals surface area contributed by atoms with Gasteiger partial charge < -0.3 is 5.32 Å². The number of aryl methyl sites for hydroxylation is 1. The minimum absolute atomic E-state index is 0.131. The lowest BCUT2D eigenvalue weighted by Gasteiger charge is -2.10. The Hall–Kier alpha value is -0.870. The van der Waals surface area contributed by atoms with Crippen molar-refractivity contribution in [3.8, 4) is 0 Å². The van der Waals surface area contributed by atoms with Gasteiger partial charge in [-0.25, -0.2) is 8.42 Å². The molecule has 1 saturated heterocycles. The first-order chi connectivity index (χ1) is 7.55. The number of hydrogen-bond acceptors (Lipinski definition) is 3. The van der Waals surface area contributed by atoms with Crippen LogP contribution in [0.3, 0.4) is 0 Å². The van der Waals surface area contributed by atoms with Crippen molar-refractivity contribution in [1.82, 2.24) is 5.32 Å². The van der Waals surface area contributed by atoms with Crippen LogP contribution in [0.1, 0.15) is 17.5 Å². The molecule has 1 fully saturated rings. The topological polar surface area (TPSA) is 46.2 Å². The van der Waals surface area contributed by atoms with Crippen LogP contribution in [0, 0.1) is 6.92 Å². The first kappa shape index (κ1) is 11.6. The molecule has 0 spiro atoms. The Morgan fingerprint density at radius 2 is 2.00 bits per heavy atom. The summed E-state index contributed by atoms with van der Waals surface area (Å²) >= 11 is 0. The van der Waals surface area contributed by atoms with E-state index in [1.807, 2.05) is 0 Å². The largest absolute Gasteiger partial charge is 0.309 e. The first-order valence-electron chi connectivity index (χ1n) is 5.54. The van der Waals surface area contributed by atoms with Gasteiger partial charge in [0.25, 0.3) is 0 Å². The molecule has 16 heavy (non-hydrogen) atoms. The van der Waals surface area contributed by atoms with E-state index < -0.39 is 9.84 Å². The molecule has 1 aliphatic heterocycles. The van der Waals surface area contributed by atoms with Crippen LogP contribution < -0.4 is 5.32 Å². The Labute approximate surface area is 96.8 Å². The summed E-state index contributed by atoms with van der Waals surface area (Å²) in [7, 11) is -2.77. The van der Waals surface area contributed by atoms with E-state index in [1.165, 1.54) is 11.1 Å². The van der Waals surface area contributed by atoms with Gasteiger partial charge in [-0.05, 0) is 18.9 Å². The third kappa shape index (κ3) is 3.06. The lowest BCUT2D eigenvalue weighted by atomic mass is 10.1. The Kier molecular flexibility index (Phi) is 3.30. The monoisotopic (exact) mass is 239 g/mol. The quantitative estimate of drug-likeness (QED) is 0.864. The Balaban J connectivity index is 1.87. The second-order valence-corrected chi connectivity index (χ2v) is 6.70. The molecule has 0 aliphatic carbocycles. The van der Waals surface area contributed by atoms with E-state index in [0.29, 0.717) is 11.5 Å². The molecular formula is C12H17NO2S. The summed E-state index contributed by atoms with van der Waals surface area (Å²) in [5.74, 6) is 0.622. The van der Waals surface area contributed by atoms with E-state index in [4.69, 9.17) is 0 Å². The van der Waals surface area contributed by atoms with E-state index in [1.54, 1.807) is 0 Å². The van der Waals surface area contributed by atoms with Gasteiger partial charge in [-0.3, -0.25) is 0 Å². The van der Waals surface area contributed by atoms with Crippen molar-refractivity contribution in [2.75, 3.05) is 11.5 Å². The van der Waals surface area contributed by atoms with Crippen molar-refractivity contribution >= 4 is 9.84 Å². The summed E-state index contributed by atoms with van der Waals surface area (Å²) in [5, 5.41) is 3.29. The molecule has 0 aromatic heterocycles. The summed E-state index contributed by atoms with van der Waals surface area (Å²) in [6.45, 7) is 2.81. The highest BCUT2D eigenvalue weighted by Gasteiger charge is 2.27. The third-order valence-electron chi connectivity index (χ3n) is 2.95. The Morgan fingerprint density at radius 1 is 1.31 bits per heavy atom. The minimum atomic E-state index is -2.77. The fraction of sp³-hybridized carbons (Fsp3) is 0.500. The van der Waals surface area contributed by atoms with Crippen LogP contribution in [0.25, 0.3) is 0 Å². The molecule has 3 nitrogen and oxygen atoms in total. The summed E-state index contributed by atoms with van der Waals surface area (Å²) < 4.78 is 22.5. The highest BCUT2D eigenvalue weighted by molar-refractivity contribution is 7.91. The SMILES string of the molecule is Cc1ccc(CN[C@@H]2CCS(=O)(=O)C2)cc1. The summed E-state index contributed by atoms with van der Waals surface area (Å²) in [4.78, 5) is 0. The average Bonchev–Trinajstić information content (AvgIpc) is 2.58. The van der Waals surface area contributed by atoms with Gasteiger partial charge in [-0.2, -0.15) is 0 Å². The summed E-state index contributed by atoms with van der Waals surface area (Å²) in [6, 6.07) is 8.42. The predicted octanol–water partition coefficient (Wildman–Crippen LogP) is 1.27. The van der Waals surface area contributed by atoms with Gasteiger partial charge in [-0.1, -0.05) is 29.8 Å². The van der Waals surface area contributed by atoms with Crippen molar-refractivity contribution in [3.05, 3.63) is 35.4 Å². The van der Waals surface area contributed by atoms with Crippen LogP contribution in [0.2, 0.25) is 0 Å². The zero-order chi connectivity index (χ0) is 11.6. The number of sulfone groups is 1. The van der Waals surface area contributed by atoms with Crippen molar-refractivity contribution in [2.24, 2.45) is 0 Å². The van der Waals surface area contributed by atoms with Crippen LogP contribution >= 0.6 is 0 Å². The van der Waals surface area contributed by atoms with Gasteiger partial charge >= 0.3 is 0 Å². The van der Waals surface area contributed by atoms with Crippen LogP contribution in [0.4, 0.5) is 0 Å². The Bertz CT molecular complexity index is 450. The van der Waals surface area contributed by atoms with Crippen molar-refractivity contribution in [1.29, 1.82) is 0 Å². The maximum atomic E-state index is 11.3. The minimum Gasteiger partial charge on any atom is -0.309 e. The zero-order valence-electron chi connectivity index (χ0n) is 9.44. The lowest BCUT2D eigenvalue weighted by Crippen LogP contribution is -2.29. The average molecular weight is 239 g/mol. The van der Waals surface area contributed by atoms with Crippen molar-refractivity contribution in [3.63, 3.8) is 0 Å². The van der Waals surface area contributed by atoms with Crippen molar-refractivity contribution in [2.45, 2.75) is 25.9 Å². The molecule has 88 valence electrons. The number of benzene rings is 1. The smallest absolute Gasteiger partial charge is 0.151 e. The predicted molar refractivity (Wildman–Crippen MR) is 65.1 cm³/mol. The van der Waals surface area contributed by atoms with Gasteiger partial charge in [0.05, 0.1) is 11.5 Å². The van der Waals surface area contributed by atoms with Gasteiger partial charge in [0.2, 0.25) is 0 Å². The standard InChI is InChI=1S/C12H17NO2S/c1-10-2-4-11(5-3-10)8-13-12-6-7-16(14,15)9-12/h2-5,12-13H,6-9H2,1H3/t12-/m1/s1. The molecule has 1 aromatic carbocycles. The van der Waals surface area contributed by atoms with Gasteiger partial charge in [-0.15, -0.1) is 0 Å². The second kappa shape index (κ2) is 4.55. The summed E-state index contributed by atoms with van der Waals surface area (Å²) in [6.07, 6.45) is 0.744. The summed E-state index contributed by atoms with van der Waals surface area (Å²) in [5.41, 5.74) is 2.45. The molecule has 1 aliphatic rings.